The molecule has 0 atom stereocenters. The lowest BCUT2D eigenvalue weighted by molar-refractivity contribution is 0.588. The summed E-state index contributed by atoms with van der Waals surface area (Å²) in [6, 6.07) is 7.53. The summed E-state index contributed by atoms with van der Waals surface area (Å²) in [5, 5.41) is 0. The molecule has 9 heteroatoms. The zero-order chi connectivity index (χ0) is 15.4. The number of nitrogens with two attached hydrogens (primary N) is 1. The van der Waals surface area contributed by atoms with Gasteiger partial charge in [-0.2, -0.15) is 12.4 Å². The zero-order valence-corrected chi connectivity index (χ0v) is 13.2. The molecule has 21 heavy (non-hydrogen) atoms. The van der Waals surface area contributed by atoms with Crippen LogP contribution < -0.4 is 11.4 Å². The van der Waals surface area contributed by atoms with E-state index in [-0.39, 0.29) is 9.73 Å². The van der Waals surface area contributed by atoms with E-state index in [1.807, 2.05) is 0 Å². The lowest BCUT2D eigenvalue weighted by Crippen LogP contribution is -2.27. The average molecular weight is 344 g/mol. The molecule has 0 amide bonds. The fraction of sp³-hybridized carbons (Fsp3) is 0.0833. The van der Waals surface area contributed by atoms with Crippen molar-refractivity contribution in [2.45, 2.75) is 4.21 Å². The summed E-state index contributed by atoms with van der Waals surface area (Å²) in [5.74, 6) is 0. The van der Waals surface area contributed by atoms with Crippen molar-refractivity contribution in [3.63, 3.8) is 0 Å². The maximum absolute atomic E-state index is 12.7. The lowest BCUT2D eigenvalue weighted by atomic mass is 10.3. The van der Waals surface area contributed by atoms with Crippen LogP contribution in [-0.2, 0) is 17.1 Å². The molecule has 0 aliphatic rings. The Hall–Kier alpha value is -1.77. The first-order valence-corrected chi connectivity index (χ1v) is 8.43. The van der Waals surface area contributed by atoms with Gasteiger partial charge < -0.3 is 5.73 Å². The fourth-order valence-electron chi connectivity index (χ4n) is 2.09. The Morgan fingerprint density at radius 3 is 2.52 bits per heavy atom. The van der Waals surface area contributed by atoms with E-state index in [0.717, 1.165) is 15.3 Å². The van der Waals surface area contributed by atoms with Crippen LogP contribution in [0, 0.1) is 0 Å². The van der Waals surface area contributed by atoms with Crippen molar-refractivity contribution >= 4 is 49.7 Å². The van der Waals surface area contributed by atoms with Gasteiger partial charge in [0.25, 0.3) is 10.0 Å². The van der Waals surface area contributed by atoms with E-state index < -0.39 is 15.7 Å². The van der Waals surface area contributed by atoms with Crippen LogP contribution in [0.4, 0.5) is 5.69 Å². The number of benzene rings is 1. The Labute approximate surface area is 129 Å². The van der Waals surface area contributed by atoms with E-state index in [4.69, 9.17) is 17.3 Å². The predicted octanol–water partition coefficient (Wildman–Crippen LogP) is 1.87. The number of anilines is 1. The minimum absolute atomic E-state index is 0.00419. The average Bonchev–Trinajstić information content (AvgIpc) is 2.94. The van der Waals surface area contributed by atoms with E-state index in [9.17, 15) is 13.2 Å². The Kier molecular flexibility index (Phi) is 3.12. The molecule has 0 saturated heterocycles. The highest BCUT2D eigenvalue weighted by Gasteiger charge is 2.25. The molecular weight excluding hydrogens is 334 g/mol. The Morgan fingerprint density at radius 1 is 1.19 bits per heavy atom. The largest absolute Gasteiger partial charge is 0.399 e. The van der Waals surface area contributed by atoms with Gasteiger partial charge in [-0.1, -0.05) is 11.6 Å². The summed E-state index contributed by atoms with van der Waals surface area (Å²) < 4.78 is 27.7. The molecule has 1 aromatic carbocycles. The van der Waals surface area contributed by atoms with Crippen LogP contribution in [0.5, 0.6) is 0 Å². The number of thiophene rings is 1. The zero-order valence-electron chi connectivity index (χ0n) is 10.8. The molecule has 110 valence electrons. The van der Waals surface area contributed by atoms with Gasteiger partial charge in [0.05, 0.1) is 15.4 Å². The molecule has 2 heterocycles. The van der Waals surface area contributed by atoms with Crippen LogP contribution in [-0.4, -0.2) is 17.0 Å². The van der Waals surface area contributed by atoms with Gasteiger partial charge in [-0.3, -0.25) is 4.57 Å². The third kappa shape index (κ3) is 2.06. The molecule has 0 bridgehead atoms. The number of aromatic nitrogens is 2. The number of nitrogens with zero attached hydrogens (tertiary/aromatic N) is 2. The molecule has 0 aliphatic carbocycles. The van der Waals surface area contributed by atoms with Gasteiger partial charge in [-0.25, -0.2) is 4.79 Å². The van der Waals surface area contributed by atoms with E-state index >= 15 is 0 Å². The molecule has 0 unspecified atom stereocenters. The number of hydrogen-bond acceptors (Lipinski definition) is 5. The first-order chi connectivity index (χ1) is 9.82. The Bertz CT molecular complexity index is 1010. The van der Waals surface area contributed by atoms with Crippen LogP contribution in [0.25, 0.3) is 11.0 Å². The summed E-state index contributed by atoms with van der Waals surface area (Å²) in [7, 11) is -2.50. The molecular formula is C12H10ClN3O3S2. The normalized spacial score (nSPS) is 12.1. The topological polar surface area (TPSA) is 87.1 Å². The molecule has 0 radical (unpaired) electrons. The molecule has 0 aliphatic heterocycles. The van der Waals surface area contributed by atoms with Crippen LogP contribution >= 0.6 is 22.9 Å². The van der Waals surface area contributed by atoms with Gasteiger partial charge in [-0.15, -0.1) is 11.3 Å². The first-order valence-electron chi connectivity index (χ1n) is 5.80. The maximum Gasteiger partial charge on any atom is 0.343 e. The second kappa shape index (κ2) is 4.62. The molecule has 3 rings (SSSR count). The number of halogens is 1. The number of hydrogen-bond donors (Lipinski definition) is 1. The smallest absolute Gasteiger partial charge is 0.343 e. The minimum atomic E-state index is -4.01. The Balaban J connectivity index is 2.43. The molecule has 3 aromatic rings. The molecule has 6 nitrogen and oxygen atoms in total. The van der Waals surface area contributed by atoms with Crippen LogP contribution in [0.2, 0.25) is 4.34 Å². The fourth-order valence-corrected chi connectivity index (χ4v) is 5.07. The van der Waals surface area contributed by atoms with E-state index in [1.54, 1.807) is 12.1 Å². The highest BCUT2D eigenvalue weighted by Crippen LogP contribution is 2.28. The first kappa shape index (κ1) is 14.2. The van der Waals surface area contributed by atoms with Crippen molar-refractivity contribution in [2.24, 2.45) is 7.05 Å². The molecule has 2 aromatic heterocycles. The van der Waals surface area contributed by atoms with E-state index in [1.165, 1.54) is 29.8 Å². The summed E-state index contributed by atoms with van der Waals surface area (Å²) >= 11 is 6.68. The van der Waals surface area contributed by atoms with Gasteiger partial charge in [0.1, 0.15) is 4.21 Å². The minimum Gasteiger partial charge on any atom is -0.399 e. The quantitative estimate of drug-likeness (QED) is 0.720. The molecule has 0 fully saturated rings. The van der Waals surface area contributed by atoms with Crippen molar-refractivity contribution in [3.8, 4) is 0 Å². The van der Waals surface area contributed by atoms with Crippen molar-refractivity contribution < 1.29 is 8.42 Å². The van der Waals surface area contributed by atoms with Crippen LogP contribution in [0.15, 0.2) is 39.3 Å². The van der Waals surface area contributed by atoms with Crippen molar-refractivity contribution in [3.05, 3.63) is 45.2 Å². The molecule has 0 saturated carbocycles. The number of aryl methyl sites for hydroxylation is 1. The molecule has 2 N–H and O–H groups in total. The number of rotatable bonds is 2. The van der Waals surface area contributed by atoms with Gasteiger partial charge in [0, 0.05) is 12.7 Å². The third-order valence-electron chi connectivity index (χ3n) is 3.08. The van der Waals surface area contributed by atoms with Gasteiger partial charge in [0.2, 0.25) is 0 Å². The second-order valence-electron chi connectivity index (χ2n) is 4.42. The monoisotopic (exact) mass is 343 g/mol. The van der Waals surface area contributed by atoms with E-state index in [2.05, 4.69) is 0 Å². The number of nitrogen functional groups attached to an aromatic ring is 1. The van der Waals surface area contributed by atoms with Crippen molar-refractivity contribution in [1.29, 1.82) is 0 Å². The van der Waals surface area contributed by atoms with Crippen molar-refractivity contribution in [2.75, 3.05) is 5.73 Å². The number of fused-ring (bicyclic) bond motifs is 1. The van der Waals surface area contributed by atoms with Crippen LogP contribution in [0.3, 0.4) is 0 Å². The third-order valence-corrected chi connectivity index (χ3v) is 6.47. The summed E-state index contributed by atoms with van der Waals surface area (Å²) in [4.78, 5) is 12.3. The Morgan fingerprint density at radius 2 is 1.90 bits per heavy atom. The summed E-state index contributed by atoms with van der Waals surface area (Å²) in [6.45, 7) is 0. The lowest BCUT2D eigenvalue weighted by Gasteiger charge is -2.03. The standard InChI is InChI=1S/C12H10ClN3O3S2/c1-15-8-3-2-7(14)6-9(8)16(12(15)17)21(18,19)11-5-4-10(13)20-11/h2-6H,14H2,1H3. The van der Waals surface area contributed by atoms with E-state index in [0.29, 0.717) is 15.5 Å². The summed E-state index contributed by atoms with van der Waals surface area (Å²) in [6.07, 6.45) is 0. The maximum atomic E-state index is 12.7. The summed E-state index contributed by atoms with van der Waals surface area (Å²) in [5.41, 5.74) is 6.15. The van der Waals surface area contributed by atoms with Gasteiger partial charge in [-0.05, 0) is 30.3 Å². The predicted molar refractivity (Wildman–Crippen MR) is 83.5 cm³/mol. The van der Waals surface area contributed by atoms with Crippen LogP contribution in [0.1, 0.15) is 0 Å². The van der Waals surface area contributed by atoms with Gasteiger partial charge in [0.15, 0.2) is 0 Å². The SMILES string of the molecule is Cn1c(=O)n(S(=O)(=O)c2ccc(Cl)s2)c2cc(N)ccc21. The van der Waals surface area contributed by atoms with Crippen molar-refractivity contribution in [1.82, 2.24) is 8.54 Å². The highest BCUT2D eigenvalue weighted by molar-refractivity contribution is 7.92. The van der Waals surface area contributed by atoms with Gasteiger partial charge >= 0.3 is 5.69 Å². The number of imidazole rings is 1. The second-order valence-corrected chi connectivity index (χ2v) is 8.15. The molecule has 0 spiro atoms. The highest BCUT2D eigenvalue weighted by atomic mass is 35.5.